The van der Waals surface area contributed by atoms with Gasteiger partial charge in [-0.25, -0.2) is 0 Å². The van der Waals surface area contributed by atoms with Gasteiger partial charge in [-0.15, -0.1) is 0 Å². The van der Waals surface area contributed by atoms with Gasteiger partial charge in [0.05, 0.1) is 6.20 Å². The normalized spacial score (nSPS) is 24.3. The van der Waals surface area contributed by atoms with Crippen molar-refractivity contribution in [1.29, 1.82) is 0 Å². The summed E-state index contributed by atoms with van der Waals surface area (Å²) in [5.41, 5.74) is 1.12. The van der Waals surface area contributed by atoms with Crippen LogP contribution in [0.4, 0.5) is 0 Å². The highest BCUT2D eigenvalue weighted by Gasteiger charge is 2.43. The van der Waals surface area contributed by atoms with E-state index in [1.807, 2.05) is 30.5 Å². The summed E-state index contributed by atoms with van der Waals surface area (Å²) in [7, 11) is 0. The van der Waals surface area contributed by atoms with Crippen molar-refractivity contribution in [2.75, 3.05) is 0 Å². The zero-order chi connectivity index (χ0) is 18.2. The van der Waals surface area contributed by atoms with Crippen molar-refractivity contribution in [1.82, 2.24) is 14.5 Å². The smallest absolute Gasteiger partial charge is 0.243 e. The molecule has 5 nitrogen and oxygen atoms in total. The molecule has 0 aliphatic carbocycles. The SMILES string of the molecule is O=C(Cn1ccc2ccccc21)N1C2CCC1CC(Oc1cccnc1)C2. The molecule has 2 aromatic heterocycles. The molecule has 0 saturated carbocycles. The third kappa shape index (κ3) is 3.07. The van der Waals surface area contributed by atoms with Crippen molar-refractivity contribution in [3.8, 4) is 5.75 Å². The molecule has 2 bridgehead atoms. The molecular formula is C22H23N3O2. The van der Waals surface area contributed by atoms with Gasteiger partial charge in [-0.05, 0) is 42.5 Å². The Labute approximate surface area is 158 Å². The van der Waals surface area contributed by atoms with Crippen molar-refractivity contribution in [3.05, 3.63) is 61.1 Å². The topological polar surface area (TPSA) is 47.4 Å². The van der Waals surface area contributed by atoms with E-state index in [4.69, 9.17) is 4.74 Å². The molecule has 27 heavy (non-hydrogen) atoms. The Morgan fingerprint density at radius 1 is 1.07 bits per heavy atom. The van der Waals surface area contributed by atoms with Crippen LogP contribution in [-0.2, 0) is 11.3 Å². The Hall–Kier alpha value is -2.82. The Bertz CT molecular complexity index is 938. The van der Waals surface area contributed by atoms with Crippen LogP contribution < -0.4 is 4.74 Å². The van der Waals surface area contributed by atoms with Crippen molar-refractivity contribution in [3.63, 3.8) is 0 Å². The minimum Gasteiger partial charge on any atom is -0.489 e. The van der Waals surface area contributed by atoms with Crippen LogP contribution in [0.1, 0.15) is 25.7 Å². The number of hydrogen-bond donors (Lipinski definition) is 0. The molecule has 2 saturated heterocycles. The molecule has 3 aromatic rings. The van der Waals surface area contributed by atoms with Gasteiger partial charge in [0.2, 0.25) is 5.91 Å². The van der Waals surface area contributed by atoms with Crippen LogP contribution >= 0.6 is 0 Å². The van der Waals surface area contributed by atoms with Gasteiger partial charge in [0, 0.05) is 42.8 Å². The Kier molecular flexibility index (Phi) is 4.07. The van der Waals surface area contributed by atoms with Crippen LogP contribution in [-0.4, -0.2) is 38.5 Å². The number of amides is 1. The zero-order valence-corrected chi connectivity index (χ0v) is 15.2. The first-order valence-electron chi connectivity index (χ1n) is 9.69. The molecule has 4 heterocycles. The summed E-state index contributed by atoms with van der Waals surface area (Å²) >= 11 is 0. The minimum atomic E-state index is 0.170. The second-order valence-electron chi connectivity index (χ2n) is 7.59. The molecule has 5 rings (SSSR count). The van der Waals surface area contributed by atoms with E-state index < -0.39 is 0 Å². The first kappa shape index (κ1) is 16.4. The average Bonchev–Trinajstić information content (AvgIpc) is 3.21. The van der Waals surface area contributed by atoms with Gasteiger partial charge in [-0.3, -0.25) is 9.78 Å². The third-order valence-electron chi connectivity index (χ3n) is 5.90. The molecule has 2 unspecified atom stereocenters. The maximum absolute atomic E-state index is 13.1. The summed E-state index contributed by atoms with van der Waals surface area (Å²) in [6.07, 6.45) is 9.67. The number of ether oxygens (including phenoxy) is 1. The maximum atomic E-state index is 13.1. The average molecular weight is 361 g/mol. The van der Waals surface area contributed by atoms with E-state index >= 15 is 0 Å². The van der Waals surface area contributed by atoms with E-state index in [1.165, 1.54) is 5.39 Å². The van der Waals surface area contributed by atoms with Gasteiger partial charge < -0.3 is 14.2 Å². The van der Waals surface area contributed by atoms with Gasteiger partial charge in [0.1, 0.15) is 18.4 Å². The van der Waals surface area contributed by atoms with Crippen molar-refractivity contribution in [2.24, 2.45) is 0 Å². The highest BCUT2D eigenvalue weighted by atomic mass is 16.5. The summed E-state index contributed by atoms with van der Waals surface area (Å²) in [5, 5.41) is 1.18. The summed E-state index contributed by atoms with van der Waals surface area (Å²) in [6, 6.07) is 14.7. The van der Waals surface area contributed by atoms with Crippen LogP contribution in [0.15, 0.2) is 61.1 Å². The number of pyridine rings is 1. The van der Waals surface area contributed by atoms with Crippen molar-refractivity contribution in [2.45, 2.75) is 50.4 Å². The number of fused-ring (bicyclic) bond motifs is 3. The Morgan fingerprint density at radius 2 is 1.89 bits per heavy atom. The number of nitrogens with zero attached hydrogens (tertiary/aromatic N) is 3. The zero-order valence-electron chi connectivity index (χ0n) is 15.2. The van der Waals surface area contributed by atoms with E-state index in [0.29, 0.717) is 18.6 Å². The number of rotatable bonds is 4. The third-order valence-corrected chi connectivity index (χ3v) is 5.90. The fraction of sp³-hybridized carbons (Fsp3) is 0.364. The Morgan fingerprint density at radius 3 is 2.67 bits per heavy atom. The van der Waals surface area contributed by atoms with Gasteiger partial charge in [-0.2, -0.15) is 0 Å². The highest BCUT2D eigenvalue weighted by molar-refractivity contribution is 5.83. The molecule has 138 valence electrons. The van der Waals surface area contributed by atoms with Crippen LogP contribution in [0.25, 0.3) is 10.9 Å². The predicted molar refractivity (Wildman–Crippen MR) is 103 cm³/mol. The van der Waals surface area contributed by atoms with Crippen LogP contribution in [0.3, 0.4) is 0 Å². The van der Waals surface area contributed by atoms with E-state index in [9.17, 15) is 4.79 Å². The molecule has 0 N–H and O–H groups in total. The lowest BCUT2D eigenvalue weighted by atomic mass is 9.99. The Balaban J connectivity index is 1.28. The predicted octanol–water partition coefficient (Wildman–Crippen LogP) is 3.64. The molecule has 2 aliphatic heterocycles. The standard InChI is InChI=1S/C22H23N3O2/c26-22(15-24-11-9-16-4-1-2-6-21(16)24)25-17-7-8-18(25)13-20(12-17)27-19-5-3-10-23-14-19/h1-6,9-11,14,17-18,20H,7-8,12-13,15H2. The monoisotopic (exact) mass is 361 g/mol. The lowest BCUT2D eigenvalue weighted by Crippen LogP contribution is -2.50. The lowest BCUT2D eigenvalue weighted by molar-refractivity contribution is -0.137. The van der Waals surface area contributed by atoms with Crippen molar-refractivity contribution < 1.29 is 9.53 Å². The van der Waals surface area contributed by atoms with Gasteiger partial charge in [0.15, 0.2) is 0 Å². The number of benzene rings is 1. The maximum Gasteiger partial charge on any atom is 0.243 e. The van der Waals surface area contributed by atoms with Crippen LogP contribution in [0, 0.1) is 0 Å². The largest absolute Gasteiger partial charge is 0.489 e. The number of piperidine rings is 1. The molecule has 1 aromatic carbocycles. The van der Waals surface area contributed by atoms with Gasteiger partial charge in [-0.1, -0.05) is 18.2 Å². The first-order chi connectivity index (χ1) is 13.3. The lowest BCUT2D eigenvalue weighted by Gasteiger charge is -2.39. The molecule has 1 amide bonds. The number of para-hydroxylation sites is 1. The quantitative estimate of drug-likeness (QED) is 0.713. The van der Waals surface area contributed by atoms with E-state index in [-0.39, 0.29) is 12.0 Å². The number of aromatic nitrogens is 2. The fourth-order valence-electron chi connectivity index (χ4n) is 4.75. The van der Waals surface area contributed by atoms with Crippen LogP contribution in [0.5, 0.6) is 5.75 Å². The molecule has 0 spiro atoms. The second-order valence-corrected chi connectivity index (χ2v) is 7.59. The van der Waals surface area contributed by atoms with Crippen molar-refractivity contribution >= 4 is 16.8 Å². The summed E-state index contributed by atoms with van der Waals surface area (Å²) in [6.45, 7) is 0.411. The summed E-state index contributed by atoms with van der Waals surface area (Å²) < 4.78 is 8.19. The first-order valence-corrected chi connectivity index (χ1v) is 9.69. The molecule has 2 fully saturated rings. The minimum absolute atomic E-state index is 0.170. The number of carbonyl (C=O) groups is 1. The van der Waals surface area contributed by atoms with E-state index in [2.05, 4.69) is 32.7 Å². The number of hydrogen-bond acceptors (Lipinski definition) is 3. The van der Waals surface area contributed by atoms with Gasteiger partial charge >= 0.3 is 0 Å². The second kappa shape index (κ2) is 6.72. The van der Waals surface area contributed by atoms with Crippen LogP contribution in [0.2, 0.25) is 0 Å². The number of carbonyl (C=O) groups excluding carboxylic acids is 1. The highest BCUT2D eigenvalue weighted by Crippen LogP contribution is 2.37. The molecular weight excluding hydrogens is 338 g/mol. The van der Waals surface area contributed by atoms with E-state index in [1.54, 1.807) is 12.4 Å². The van der Waals surface area contributed by atoms with Gasteiger partial charge in [0.25, 0.3) is 0 Å². The summed E-state index contributed by atoms with van der Waals surface area (Å²) in [4.78, 5) is 19.3. The fourth-order valence-corrected chi connectivity index (χ4v) is 4.75. The molecule has 0 radical (unpaired) electrons. The molecule has 2 atom stereocenters. The van der Waals surface area contributed by atoms with E-state index in [0.717, 1.165) is 36.9 Å². The molecule has 5 heteroatoms. The molecule has 2 aliphatic rings. The summed E-state index contributed by atoms with van der Waals surface area (Å²) in [5.74, 6) is 1.05.